The monoisotopic (exact) mass is 825 g/mol. The Bertz CT molecular complexity index is 2280. The van der Waals surface area contributed by atoms with E-state index in [1.165, 1.54) is 4.90 Å². The summed E-state index contributed by atoms with van der Waals surface area (Å²) in [6.07, 6.45) is 8.97. The third-order valence-corrected chi connectivity index (χ3v) is 14.8. The molecule has 2 aromatic carbocycles. The van der Waals surface area contributed by atoms with Crippen LogP contribution >= 0.6 is 0 Å². The van der Waals surface area contributed by atoms with Gasteiger partial charge in [0.15, 0.2) is 0 Å². The third-order valence-electron chi connectivity index (χ3n) is 12.9. The van der Waals surface area contributed by atoms with Crippen molar-refractivity contribution in [3.05, 3.63) is 66.7 Å². The molecular formula is C44H51N5O9S. The average Bonchev–Trinajstić information content (AvgIpc) is 4.06. The SMILES string of the molecule is COc1ccc2c(O[C@@H]3C[C@H]4C(=O)N[C@]5(C(=O)NS(=O)(=O)C6CC6)C[C@H]5/C=C\CCCCC[C@H](CC(=O)N5CC6CC5CO6)C(=O)N4C3)cc(-c3ccccc3)nc2c1. The van der Waals surface area contributed by atoms with Crippen molar-refractivity contribution in [2.45, 2.75) is 106 Å². The number of pyridine rings is 1. The second kappa shape index (κ2) is 15.9. The van der Waals surface area contributed by atoms with Gasteiger partial charge in [-0.3, -0.25) is 23.9 Å². The predicted molar refractivity (Wildman–Crippen MR) is 218 cm³/mol. The number of amides is 4. The standard InChI is InChI=1S/C44H51N5O9S/c1-56-31-14-17-35-37(20-31)45-36(27-10-7-5-8-11-27)22-39(35)58-33-21-38-41(51)46-44(43(53)47-59(54,55)34-15-16-34)23-29(44)13-9-4-2-3-6-12-28(42(52)49(38)25-33)18-40(50)48-24-32-19-30(48)26-57-32/h5,7-11,13-14,17,20,22,28-30,32-34,38H,2-4,6,12,15-16,18-19,21,23-26H2,1H3,(H,46,51)(H,47,53)/b13-9-/t28-,29-,30?,32?,33-,38+,44-/m1/s1. The molecule has 3 saturated heterocycles. The van der Waals surface area contributed by atoms with Crippen LogP contribution in [0.4, 0.5) is 0 Å². The molecule has 4 amide bonds. The van der Waals surface area contributed by atoms with Crippen LogP contribution in [0.15, 0.2) is 66.7 Å². The Balaban J connectivity index is 1.04. The van der Waals surface area contributed by atoms with Gasteiger partial charge in [-0.1, -0.05) is 55.3 Å². The molecule has 0 spiro atoms. The summed E-state index contributed by atoms with van der Waals surface area (Å²) < 4.78 is 46.2. The summed E-state index contributed by atoms with van der Waals surface area (Å²) in [6, 6.07) is 16.0. The van der Waals surface area contributed by atoms with Gasteiger partial charge in [0.2, 0.25) is 27.7 Å². The van der Waals surface area contributed by atoms with Gasteiger partial charge >= 0.3 is 0 Å². The Labute approximate surface area is 344 Å². The molecule has 0 radical (unpaired) electrons. The van der Waals surface area contributed by atoms with Crippen LogP contribution in [0.1, 0.15) is 70.6 Å². The van der Waals surface area contributed by atoms with Crippen molar-refractivity contribution < 1.29 is 41.8 Å². The fourth-order valence-corrected chi connectivity index (χ4v) is 10.7. The average molecular weight is 826 g/mol. The molecule has 2 aliphatic carbocycles. The van der Waals surface area contributed by atoms with E-state index in [0.29, 0.717) is 55.1 Å². The molecule has 6 aliphatic rings. The number of nitrogens with one attached hydrogen (secondary N) is 2. The number of hydrogen-bond donors (Lipinski definition) is 2. The summed E-state index contributed by atoms with van der Waals surface area (Å²) in [4.78, 5) is 65.6. The zero-order valence-corrected chi connectivity index (χ0v) is 34.0. The van der Waals surface area contributed by atoms with E-state index in [4.69, 9.17) is 19.2 Å². The number of methoxy groups -OCH3 is 1. The maximum Gasteiger partial charge on any atom is 0.259 e. The second-order valence-electron chi connectivity index (χ2n) is 17.0. The predicted octanol–water partition coefficient (Wildman–Crippen LogP) is 4.27. The molecular weight excluding hydrogens is 775 g/mol. The van der Waals surface area contributed by atoms with Crippen molar-refractivity contribution >= 4 is 44.6 Å². The fourth-order valence-electron chi connectivity index (χ4n) is 9.35. The van der Waals surface area contributed by atoms with E-state index >= 15 is 0 Å². The van der Waals surface area contributed by atoms with Crippen molar-refractivity contribution in [2.24, 2.45) is 11.8 Å². The van der Waals surface area contributed by atoms with Crippen molar-refractivity contribution in [1.82, 2.24) is 24.8 Å². The summed E-state index contributed by atoms with van der Waals surface area (Å²) in [6.45, 7) is 1.07. The minimum absolute atomic E-state index is 0.00761. The summed E-state index contributed by atoms with van der Waals surface area (Å²) >= 11 is 0. The molecule has 7 atom stereocenters. The number of benzene rings is 2. The van der Waals surface area contributed by atoms with Gasteiger partial charge in [-0.2, -0.15) is 0 Å². The molecule has 3 aromatic rings. The first-order chi connectivity index (χ1) is 28.5. The Hall–Kier alpha value is -5.02. The normalized spacial score (nSPS) is 30.1. The highest BCUT2D eigenvalue weighted by molar-refractivity contribution is 7.91. The molecule has 1 aromatic heterocycles. The first-order valence-electron chi connectivity index (χ1n) is 21.0. The lowest BCUT2D eigenvalue weighted by molar-refractivity contribution is -0.146. The van der Waals surface area contributed by atoms with Crippen LogP contribution in [-0.2, 0) is 33.9 Å². The van der Waals surface area contributed by atoms with Crippen LogP contribution in [0.25, 0.3) is 22.2 Å². The van der Waals surface area contributed by atoms with Crippen LogP contribution in [0.3, 0.4) is 0 Å². The van der Waals surface area contributed by atoms with E-state index in [0.717, 1.165) is 43.1 Å². The van der Waals surface area contributed by atoms with E-state index in [1.54, 1.807) is 7.11 Å². The van der Waals surface area contributed by atoms with E-state index in [2.05, 4.69) is 10.0 Å². The number of fused-ring (bicyclic) bond motifs is 5. The maximum absolute atomic E-state index is 14.9. The number of sulfonamides is 1. The molecule has 2 N–H and O–H groups in total. The lowest BCUT2D eigenvalue weighted by Crippen LogP contribution is -2.57. The van der Waals surface area contributed by atoms with E-state index in [1.807, 2.05) is 71.6 Å². The number of likely N-dealkylation sites (tertiary alicyclic amines) is 1. The Morgan fingerprint density at radius 3 is 2.59 bits per heavy atom. The molecule has 312 valence electrons. The molecule has 5 heterocycles. The molecule has 14 nitrogen and oxygen atoms in total. The molecule has 9 rings (SSSR count). The molecule has 5 fully saturated rings. The van der Waals surface area contributed by atoms with Crippen LogP contribution in [0, 0.1) is 11.8 Å². The number of aromatic nitrogens is 1. The third kappa shape index (κ3) is 8.03. The minimum atomic E-state index is -3.89. The van der Waals surface area contributed by atoms with Gasteiger partial charge in [-0.05, 0) is 57.1 Å². The van der Waals surface area contributed by atoms with Crippen molar-refractivity contribution in [1.29, 1.82) is 0 Å². The zero-order valence-electron chi connectivity index (χ0n) is 33.2. The number of carbonyl (C=O) groups is 4. The van der Waals surface area contributed by atoms with Gasteiger partial charge < -0.3 is 29.3 Å². The molecule has 59 heavy (non-hydrogen) atoms. The number of morpholine rings is 1. The number of carbonyl (C=O) groups excluding carboxylic acids is 4. The summed E-state index contributed by atoms with van der Waals surface area (Å²) in [5.41, 5.74) is 0.704. The van der Waals surface area contributed by atoms with Gasteiger partial charge in [0.1, 0.15) is 29.2 Å². The highest BCUT2D eigenvalue weighted by atomic mass is 32.2. The number of allylic oxidation sites excluding steroid dienone is 1. The topological polar surface area (TPSA) is 174 Å². The lowest BCUT2D eigenvalue weighted by atomic mass is 9.94. The van der Waals surface area contributed by atoms with Gasteiger partial charge in [-0.15, -0.1) is 0 Å². The van der Waals surface area contributed by atoms with Crippen LogP contribution in [0.2, 0.25) is 0 Å². The number of rotatable bonds is 9. The number of ether oxygens (including phenoxy) is 3. The van der Waals surface area contributed by atoms with Crippen molar-refractivity contribution in [3.63, 3.8) is 0 Å². The smallest absolute Gasteiger partial charge is 0.259 e. The number of hydrogen-bond acceptors (Lipinski definition) is 10. The summed E-state index contributed by atoms with van der Waals surface area (Å²) in [7, 11) is -2.30. The minimum Gasteiger partial charge on any atom is -0.497 e. The highest BCUT2D eigenvalue weighted by Crippen LogP contribution is 2.46. The Kier molecular flexibility index (Phi) is 10.6. The molecule has 2 bridgehead atoms. The second-order valence-corrected chi connectivity index (χ2v) is 19.0. The Morgan fingerprint density at radius 1 is 1.02 bits per heavy atom. The molecule has 4 aliphatic heterocycles. The van der Waals surface area contributed by atoms with E-state index in [9.17, 15) is 27.6 Å². The molecule has 2 unspecified atom stereocenters. The van der Waals surface area contributed by atoms with Crippen LogP contribution < -0.4 is 19.5 Å². The van der Waals surface area contributed by atoms with Crippen LogP contribution in [-0.4, -0.2) is 109 Å². The first-order valence-corrected chi connectivity index (χ1v) is 22.5. The summed E-state index contributed by atoms with van der Waals surface area (Å²) in [5.74, 6) is -1.67. The van der Waals surface area contributed by atoms with Crippen molar-refractivity contribution in [2.75, 3.05) is 26.8 Å². The van der Waals surface area contributed by atoms with Gasteiger partial charge in [0, 0.05) is 54.3 Å². The van der Waals surface area contributed by atoms with Gasteiger partial charge in [0.25, 0.3) is 5.91 Å². The van der Waals surface area contributed by atoms with E-state index < -0.39 is 56.6 Å². The summed E-state index contributed by atoms with van der Waals surface area (Å²) in [5, 5.41) is 3.06. The van der Waals surface area contributed by atoms with Gasteiger partial charge in [-0.25, -0.2) is 13.4 Å². The van der Waals surface area contributed by atoms with E-state index in [-0.39, 0.29) is 49.8 Å². The first kappa shape index (κ1) is 39.4. The fraction of sp³-hybridized carbons (Fsp3) is 0.523. The number of nitrogens with zero attached hydrogens (tertiary/aromatic N) is 3. The Morgan fingerprint density at radius 2 is 1.85 bits per heavy atom. The molecule has 2 saturated carbocycles. The lowest BCUT2D eigenvalue weighted by Gasteiger charge is -2.31. The highest BCUT2D eigenvalue weighted by Gasteiger charge is 2.62. The van der Waals surface area contributed by atoms with Crippen LogP contribution in [0.5, 0.6) is 11.5 Å². The quantitative estimate of drug-likeness (QED) is 0.297. The van der Waals surface area contributed by atoms with Gasteiger partial charge in [0.05, 0.1) is 48.9 Å². The zero-order chi connectivity index (χ0) is 40.9. The molecule has 15 heteroatoms. The largest absolute Gasteiger partial charge is 0.497 e. The van der Waals surface area contributed by atoms with Crippen molar-refractivity contribution in [3.8, 4) is 22.8 Å². The maximum atomic E-state index is 14.9.